The number of rotatable bonds is 8. The van der Waals surface area contributed by atoms with Crippen LogP contribution >= 0.6 is 11.8 Å². The maximum Gasteiger partial charge on any atom is 0.294 e. The number of hydrogen-bond acceptors (Lipinski definition) is 6. The Labute approximate surface area is 176 Å². The summed E-state index contributed by atoms with van der Waals surface area (Å²) >= 11 is 0.728. The standard InChI is InChI=1S/C21H19FN2O5S/c1-2-28-17-9-13(10-18-20(26)24(11-19(23)25)21(27)30-18)7-8-16(17)29-12-14-5-3-4-6-15(14)22/h3-10H,2,11-12H2,1H3,(H2,23,25)/b18-10-. The molecule has 1 heterocycles. The third kappa shape index (κ3) is 4.98. The normalized spacial score (nSPS) is 15.0. The van der Waals surface area contributed by atoms with Crippen LogP contribution in [0.4, 0.5) is 9.18 Å². The Balaban J connectivity index is 1.80. The van der Waals surface area contributed by atoms with E-state index in [1.54, 1.807) is 36.4 Å². The quantitative estimate of drug-likeness (QED) is 0.645. The molecule has 0 saturated carbocycles. The Morgan fingerprint density at radius 1 is 1.17 bits per heavy atom. The van der Waals surface area contributed by atoms with Gasteiger partial charge in [0.2, 0.25) is 5.91 Å². The minimum atomic E-state index is -0.770. The number of primary amides is 1. The van der Waals surface area contributed by atoms with Gasteiger partial charge in [0.1, 0.15) is 19.0 Å². The van der Waals surface area contributed by atoms with Crippen molar-refractivity contribution in [2.24, 2.45) is 5.73 Å². The second-order valence-electron chi connectivity index (χ2n) is 6.25. The van der Waals surface area contributed by atoms with E-state index >= 15 is 0 Å². The summed E-state index contributed by atoms with van der Waals surface area (Å²) in [5.74, 6) is -0.882. The Bertz CT molecular complexity index is 1020. The molecule has 1 saturated heterocycles. The molecule has 0 radical (unpaired) electrons. The Kier molecular flexibility index (Phi) is 6.73. The van der Waals surface area contributed by atoms with Gasteiger partial charge in [-0.25, -0.2) is 4.39 Å². The summed E-state index contributed by atoms with van der Waals surface area (Å²) in [5, 5.41) is -0.556. The number of hydrogen-bond donors (Lipinski definition) is 1. The fourth-order valence-corrected chi connectivity index (χ4v) is 3.55. The van der Waals surface area contributed by atoms with Crippen LogP contribution in [0.15, 0.2) is 47.4 Å². The molecule has 0 spiro atoms. The van der Waals surface area contributed by atoms with E-state index in [2.05, 4.69) is 0 Å². The van der Waals surface area contributed by atoms with Crippen LogP contribution < -0.4 is 15.2 Å². The molecular weight excluding hydrogens is 411 g/mol. The first-order valence-electron chi connectivity index (χ1n) is 9.05. The van der Waals surface area contributed by atoms with Gasteiger partial charge < -0.3 is 15.2 Å². The number of imide groups is 1. The monoisotopic (exact) mass is 430 g/mol. The molecule has 156 valence electrons. The molecule has 30 heavy (non-hydrogen) atoms. The zero-order chi connectivity index (χ0) is 21.7. The van der Waals surface area contributed by atoms with E-state index in [0.717, 1.165) is 16.7 Å². The second kappa shape index (κ2) is 9.45. The van der Waals surface area contributed by atoms with Crippen molar-refractivity contribution < 1.29 is 28.2 Å². The number of benzene rings is 2. The largest absolute Gasteiger partial charge is 0.490 e. The van der Waals surface area contributed by atoms with Crippen molar-refractivity contribution in [2.45, 2.75) is 13.5 Å². The van der Waals surface area contributed by atoms with Gasteiger partial charge in [-0.15, -0.1) is 0 Å². The van der Waals surface area contributed by atoms with Crippen LogP contribution in [0.25, 0.3) is 6.08 Å². The highest BCUT2D eigenvalue weighted by atomic mass is 32.2. The molecule has 1 fully saturated rings. The number of ether oxygens (including phenoxy) is 2. The predicted octanol–water partition coefficient (Wildman–Crippen LogP) is 3.33. The van der Waals surface area contributed by atoms with Gasteiger partial charge >= 0.3 is 0 Å². The maximum absolute atomic E-state index is 13.8. The molecule has 1 aliphatic heterocycles. The molecule has 0 aromatic heterocycles. The van der Waals surface area contributed by atoms with Gasteiger partial charge in [0.15, 0.2) is 11.5 Å². The van der Waals surface area contributed by atoms with E-state index < -0.39 is 23.6 Å². The minimum absolute atomic E-state index is 0.0259. The topological polar surface area (TPSA) is 98.9 Å². The summed E-state index contributed by atoms with van der Waals surface area (Å²) in [6.07, 6.45) is 1.52. The van der Waals surface area contributed by atoms with Gasteiger partial charge in [-0.2, -0.15) is 0 Å². The molecule has 0 atom stereocenters. The third-order valence-electron chi connectivity index (χ3n) is 4.09. The molecule has 0 unspecified atom stereocenters. The first-order chi connectivity index (χ1) is 14.4. The van der Waals surface area contributed by atoms with Gasteiger partial charge in [-0.3, -0.25) is 19.3 Å². The predicted molar refractivity (Wildman–Crippen MR) is 110 cm³/mol. The molecule has 2 N–H and O–H groups in total. The van der Waals surface area contributed by atoms with E-state index in [-0.39, 0.29) is 17.3 Å². The van der Waals surface area contributed by atoms with Crippen molar-refractivity contribution in [3.63, 3.8) is 0 Å². The van der Waals surface area contributed by atoms with Crippen LogP contribution in [0.5, 0.6) is 11.5 Å². The second-order valence-corrected chi connectivity index (χ2v) is 7.25. The zero-order valence-electron chi connectivity index (χ0n) is 16.1. The van der Waals surface area contributed by atoms with Crippen LogP contribution in [0.2, 0.25) is 0 Å². The maximum atomic E-state index is 13.8. The average molecular weight is 430 g/mol. The summed E-state index contributed by atoms with van der Waals surface area (Å²) < 4.78 is 25.1. The highest BCUT2D eigenvalue weighted by molar-refractivity contribution is 8.18. The number of nitrogens with zero attached hydrogens (tertiary/aromatic N) is 1. The summed E-state index contributed by atoms with van der Waals surface area (Å²) in [6, 6.07) is 11.3. The van der Waals surface area contributed by atoms with E-state index in [4.69, 9.17) is 15.2 Å². The van der Waals surface area contributed by atoms with E-state index in [0.29, 0.717) is 29.2 Å². The number of nitrogens with two attached hydrogens (primary N) is 1. The molecule has 2 aromatic rings. The Morgan fingerprint density at radius 2 is 1.93 bits per heavy atom. The summed E-state index contributed by atoms with van der Waals surface area (Å²) in [7, 11) is 0. The molecule has 2 aromatic carbocycles. The zero-order valence-corrected chi connectivity index (χ0v) is 16.9. The van der Waals surface area contributed by atoms with Gasteiger partial charge in [-0.05, 0) is 48.5 Å². The minimum Gasteiger partial charge on any atom is -0.490 e. The van der Waals surface area contributed by atoms with Crippen molar-refractivity contribution >= 4 is 34.9 Å². The lowest BCUT2D eigenvalue weighted by atomic mass is 10.1. The average Bonchev–Trinajstić information content (AvgIpc) is 2.96. The Hall–Kier alpha value is -3.33. The summed E-state index contributed by atoms with van der Waals surface area (Å²) in [6.45, 7) is 1.74. The highest BCUT2D eigenvalue weighted by Gasteiger charge is 2.35. The number of carbonyl (C=O) groups is 3. The van der Waals surface area contributed by atoms with Crippen molar-refractivity contribution in [1.29, 1.82) is 0 Å². The van der Waals surface area contributed by atoms with E-state index in [9.17, 15) is 18.8 Å². The first kappa shape index (κ1) is 21.4. The van der Waals surface area contributed by atoms with Gasteiger partial charge in [0.25, 0.3) is 11.1 Å². The summed E-state index contributed by atoms with van der Waals surface area (Å²) in [4.78, 5) is 36.3. The number of amides is 3. The Morgan fingerprint density at radius 3 is 2.63 bits per heavy atom. The van der Waals surface area contributed by atoms with Crippen LogP contribution in [-0.4, -0.2) is 35.1 Å². The molecule has 9 heteroatoms. The van der Waals surface area contributed by atoms with Gasteiger partial charge in [0.05, 0.1) is 11.5 Å². The SMILES string of the molecule is CCOc1cc(/C=C2\SC(=O)N(CC(N)=O)C2=O)ccc1OCc1ccccc1F. The van der Waals surface area contributed by atoms with Crippen LogP contribution in [-0.2, 0) is 16.2 Å². The highest BCUT2D eigenvalue weighted by Crippen LogP contribution is 2.34. The lowest BCUT2D eigenvalue weighted by molar-refractivity contribution is -0.127. The smallest absolute Gasteiger partial charge is 0.294 e. The first-order valence-corrected chi connectivity index (χ1v) is 9.87. The molecule has 7 nitrogen and oxygen atoms in total. The van der Waals surface area contributed by atoms with Crippen LogP contribution in [0.3, 0.4) is 0 Å². The van der Waals surface area contributed by atoms with Crippen molar-refractivity contribution in [2.75, 3.05) is 13.2 Å². The van der Waals surface area contributed by atoms with E-state index in [1.807, 2.05) is 6.92 Å². The van der Waals surface area contributed by atoms with Gasteiger partial charge in [-0.1, -0.05) is 24.3 Å². The lowest BCUT2D eigenvalue weighted by Crippen LogP contribution is -2.36. The van der Waals surface area contributed by atoms with Crippen LogP contribution in [0, 0.1) is 5.82 Å². The lowest BCUT2D eigenvalue weighted by Gasteiger charge is -2.13. The van der Waals surface area contributed by atoms with Crippen molar-refractivity contribution in [3.8, 4) is 11.5 Å². The number of carbonyl (C=O) groups excluding carboxylic acids is 3. The molecule has 0 aliphatic carbocycles. The third-order valence-corrected chi connectivity index (χ3v) is 5.00. The van der Waals surface area contributed by atoms with E-state index in [1.165, 1.54) is 12.1 Å². The van der Waals surface area contributed by atoms with Gasteiger partial charge in [0, 0.05) is 5.56 Å². The fourth-order valence-electron chi connectivity index (χ4n) is 2.72. The summed E-state index contributed by atoms with van der Waals surface area (Å²) in [5.41, 5.74) is 6.08. The fraction of sp³-hybridized carbons (Fsp3) is 0.190. The molecule has 3 rings (SSSR count). The van der Waals surface area contributed by atoms with Crippen LogP contribution in [0.1, 0.15) is 18.1 Å². The molecule has 0 bridgehead atoms. The molecular formula is C21H19FN2O5S. The van der Waals surface area contributed by atoms with Crippen molar-refractivity contribution in [1.82, 2.24) is 4.90 Å². The molecule has 3 amide bonds. The van der Waals surface area contributed by atoms with Crippen molar-refractivity contribution in [3.05, 3.63) is 64.3 Å². The molecule has 1 aliphatic rings. The number of halogens is 1. The number of thioether (sulfide) groups is 1.